The average molecular weight is 393 g/mol. The first-order chi connectivity index (χ1) is 9.11. The van der Waals surface area contributed by atoms with E-state index in [1.807, 2.05) is 11.4 Å². The van der Waals surface area contributed by atoms with Crippen LogP contribution in [-0.4, -0.2) is 36.5 Å². The van der Waals surface area contributed by atoms with Gasteiger partial charge in [0.15, 0.2) is 0 Å². The van der Waals surface area contributed by atoms with E-state index in [-0.39, 0.29) is 17.8 Å². The second-order valence-electron chi connectivity index (χ2n) is 4.48. The third-order valence-electron chi connectivity index (χ3n) is 3.14. The predicted molar refractivity (Wildman–Crippen MR) is 82.3 cm³/mol. The predicted octanol–water partition coefficient (Wildman–Crippen LogP) is 2.77. The molecule has 1 saturated heterocycles. The molecule has 0 radical (unpaired) electrons. The molecule has 1 aliphatic heterocycles. The summed E-state index contributed by atoms with van der Waals surface area (Å²) in [5.41, 5.74) is 0.721. The van der Waals surface area contributed by atoms with Gasteiger partial charge in [0.25, 0.3) is 5.91 Å². The molecule has 0 spiro atoms. The maximum atomic E-state index is 12.3. The maximum Gasteiger partial charge on any atom is 0.310 e. The van der Waals surface area contributed by atoms with Gasteiger partial charge in [-0.2, -0.15) is 0 Å². The fourth-order valence-corrected chi connectivity index (χ4v) is 3.54. The molecule has 6 heteroatoms. The zero-order valence-electron chi connectivity index (χ0n) is 10.7. The number of halogens is 1. The monoisotopic (exact) mass is 393 g/mol. The highest BCUT2D eigenvalue weighted by Gasteiger charge is 2.29. The number of piperidine rings is 1. The van der Waals surface area contributed by atoms with Crippen molar-refractivity contribution in [2.75, 3.05) is 19.7 Å². The van der Waals surface area contributed by atoms with Gasteiger partial charge in [0.05, 0.1) is 21.0 Å². The molecular formula is C13H16INO3S. The summed E-state index contributed by atoms with van der Waals surface area (Å²) in [5.74, 6) is -0.330. The van der Waals surface area contributed by atoms with Gasteiger partial charge < -0.3 is 9.64 Å². The number of rotatable bonds is 3. The van der Waals surface area contributed by atoms with Crippen LogP contribution in [0.15, 0.2) is 11.4 Å². The van der Waals surface area contributed by atoms with Gasteiger partial charge in [-0.3, -0.25) is 9.59 Å². The van der Waals surface area contributed by atoms with Crippen LogP contribution in [0.5, 0.6) is 0 Å². The molecule has 1 fully saturated rings. The van der Waals surface area contributed by atoms with Crippen LogP contribution in [0.2, 0.25) is 0 Å². The number of hydrogen-bond donors (Lipinski definition) is 0. The number of amides is 1. The Hall–Kier alpha value is -0.630. The Morgan fingerprint density at radius 2 is 2.37 bits per heavy atom. The highest BCUT2D eigenvalue weighted by molar-refractivity contribution is 14.1. The minimum absolute atomic E-state index is 0.0214. The lowest BCUT2D eigenvalue weighted by Gasteiger charge is -2.31. The first-order valence-electron chi connectivity index (χ1n) is 6.31. The van der Waals surface area contributed by atoms with Gasteiger partial charge in [-0.1, -0.05) is 0 Å². The van der Waals surface area contributed by atoms with Crippen LogP contribution in [0.1, 0.15) is 30.1 Å². The van der Waals surface area contributed by atoms with Crippen LogP contribution < -0.4 is 0 Å². The van der Waals surface area contributed by atoms with Gasteiger partial charge in [0.2, 0.25) is 0 Å². The van der Waals surface area contributed by atoms with Gasteiger partial charge >= 0.3 is 5.97 Å². The number of likely N-dealkylation sites (tertiary alicyclic amines) is 1. The van der Waals surface area contributed by atoms with Crippen molar-refractivity contribution in [1.82, 2.24) is 4.90 Å². The Bertz CT molecular complexity index is 474. The summed E-state index contributed by atoms with van der Waals surface area (Å²) in [5, 5.41) is 1.87. The lowest BCUT2D eigenvalue weighted by molar-refractivity contribution is -0.149. The zero-order valence-corrected chi connectivity index (χ0v) is 13.7. The Morgan fingerprint density at radius 3 is 3.00 bits per heavy atom. The van der Waals surface area contributed by atoms with Crippen LogP contribution in [0.3, 0.4) is 0 Å². The molecule has 1 amide bonds. The summed E-state index contributed by atoms with van der Waals surface area (Å²) in [6.45, 7) is 3.40. The molecule has 2 heterocycles. The van der Waals surface area contributed by atoms with E-state index in [4.69, 9.17) is 4.74 Å². The first kappa shape index (κ1) is 14.8. The minimum atomic E-state index is -0.181. The van der Waals surface area contributed by atoms with E-state index < -0.39 is 0 Å². The smallest absolute Gasteiger partial charge is 0.310 e. The number of hydrogen-bond acceptors (Lipinski definition) is 4. The maximum absolute atomic E-state index is 12.3. The highest BCUT2D eigenvalue weighted by Crippen LogP contribution is 2.22. The number of esters is 1. The molecule has 0 aromatic carbocycles. The number of ether oxygens (including phenoxy) is 1. The van der Waals surface area contributed by atoms with Crippen molar-refractivity contribution < 1.29 is 14.3 Å². The van der Waals surface area contributed by atoms with Crippen LogP contribution in [0.25, 0.3) is 0 Å². The van der Waals surface area contributed by atoms with E-state index in [0.717, 1.165) is 27.8 Å². The minimum Gasteiger partial charge on any atom is -0.466 e. The molecule has 104 valence electrons. The molecule has 19 heavy (non-hydrogen) atoms. The topological polar surface area (TPSA) is 46.6 Å². The molecule has 1 aromatic heterocycles. The normalized spacial score (nSPS) is 19.3. The fraction of sp³-hybridized carbons (Fsp3) is 0.538. The third-order valence-corrected chi connectivity index (χ3v) is 4.93. The lowest BCUT2D eigenvalue weighted by Crippen LogP contribution is -2.42. The van der Waals surface area contributed by atoms with E-state index in [2.05, 4.69) is 22.6 Å². The van der Waals surface area contributed by atoms with E-state index in [9.17, 15) is 9.59 Å². The Kier molecular flexibility index (Phi) is 5.20. The quantitative estimate of drug-likeness (QED) is 0.586. The third kappa shape index (κ3) is 3.68. The second kappa shape index (κ2) is 6.69. The molecule has 0 saturated carbocycles. The average Bonchev–Trinajstić information content (AvgIpc) is 2.85. The van der Waals surface area contributed by atoms with Crippen LogP contribution in [0, 0.1) is 8.80 Å². The van der Waals surface area contributed by atoms with Gasteiger partial charge in [0, 0.05) is 18.5 Å². The van der Waals surface area contributed by atoms with E-state index in [0.29, 0.717) is 13.2 Å². The van der Waals surface area contributed by atoms with Crippen LogP contribution in [0.4, 0.5) is 0 Å². The van der Waals surface area contributed by atoms with Crippen molar-refractivity contribution >= 4 is 45.8 Å². The van der Waals surface area contributed by atoms with Gasteiger partial charge in [0.1, 0.15) is 0 Å². The number of thiophene rings is 1. The first-order valence-corrected chi connectivity index (χ1v) is 8.27. The van der Waals surface area contributed by atoms with Crippen LogP contribution in [-0.2, 0) is 9.53 Å². The van der Waals surface area contributed by atoms with Gasteiger partial charge in [-0.15, -0.1) is 11.3 Å². The molecule has 0 aliphatic carbocycles. The molecular weight excluding hydrogens is 377 g/mol. The van der Waals surface area contributed by atoms with Gasteiger partial charge in [-0.05, 0) is 48.4 Å². The van der Waals surface area contributed by atoms with Crippen LogP contribution >= 0.6 is 33.9 Å². The van der Waals surface area contributed by atoms with Crippen molar-refractivity contribution in [1.29, 1.82) is 0 Å². The lowest BCUT2D eigenvalue weighted by atomic mass is 9.98. The summed E-state index contributed by atoms with van der Waals surface area (Å²) in [7, 11) is 0. The van der Waals surface area contributed by atoms with Crippen molar-refractivity contribution in [3.8, 4) is 0 Å². The number of nitrogens with zero attached hydrogens (tertiary/aromatic N) is 1. The van der Waals surface area contributed by atoms with Crippen molar-refractivity contribution in [2.45, 2.75) is 19.8 Å². The SMILES string of the molecule is CCOC(=O)C1CCCN(C(=O)c2csc(I)c2)C1. The molecule has 1 unspecified atom stereocenters. The molecule has 0 N–H and O–H groups in total. The summed E-state index contributed by atoms with van der Waals surface area (Å²) < 4.78 is 6.14. The Balaban J connectivity index is 2.01. The van der Waals surface area contributed by atoms with Crippen molar-refractivity contribution in [2.24, 2.45) is 5.92 Å². The Labute approximate surface area is 130 Å². The second-order valence-corrected chi connectivity index (χ2v) is 7.29. The highest BCUT2D eigenvalue weighted by atomic mass is 127. The molecule has 2 rings (SSSR count). The van der Waals surface area contributed by atoms with Crippen molar-refractivity contribution in [3.63, 3.8) is 0 Å². The Morgan fingerprint density at radius 1 is 1.58 bits per heavy atom. The summed E-state index contributed by atoms with van der Waals surface area (Å²) in [6, 6.07) is 1.89. The standard InChI is InChI=1S/C13H16INO3S/c1-2-18-13(17)9-4-3-5-15(7-9)12(16)10-6-11(14)19-8-10/h6,8-9H,2-5,7H2,1H3. The molecule has 1 aromatic rings. The summed E-state index contributed by atoms with van der Waals surface area (Å²) in [4.78, 5) is 25.8. The number of carbonyl (C=O) groups is 2. The van der Waals surface area contributed by atoms with E-state index in [1.54, 1.807) is 23.2 Å². The van der Waals surface area contributed by atoms with E-state index >= 15 is 0 Å². The van der Waals surface area contributed by atoms with Gasteiger partial charge in [-0.25, -0.2) is 0 Å². The summed E-state index contributed by atoms with van der Waals surface area (Å²) in [6.07, 6.45) is 1.67. The van der Waals surface area contributed by atoms with E-state index in [1.165, 1.54) is 0 Å². The molecule has 4 nitrogen and oxygen atoms in total. The summed E-state index contributed by atoms with van der Waals surface area (Å²) >= 11 is 3.76. The molecule has 1 aliphatic rings. The fourth-order valence-electron chi connectivity index (χ4n) is 2.22. The molecule has 0 bridgehead atoms. The molecule has 1 atom stereocenters. The number of carbonyl (C=O) groups excluding carboxylic acids is 2. The largest absolute Gasteiger partial charge is 0.466 e. The van der Waals surface area contributed by atoms with Crippen molar-refractivity contribution in [3.05, 3.63) is 19.9 Å². The zero-order chi connectivity index (χ0) is 13.8.